The van der Waals surface area contributed by atoms with Gasteiger partial charge in [0.1, 0.15) is 6.61 Å². The van der Waals surface area contributed by atoms with Gasteiger partial charge in [0.25, 0.3) is 0 Å². The summed E-state index contributed by atoms with van der Waals surface area (Å²) in [6.07, 6.45) is 2.98. The van der Waals surface area contributed by atoms with E-state index in [1.807, 2.05) is 32.0 Å². The molecule has 0 fully saturated rings. The van der Waals surface area contributed by atoms with Crippen molar-refractivity contribution in [1.29, 1.82) is 0 Å². The number of carbonyl (C=O) groups excluding carboxylic acids is 2. The number of fused-ring (bicyclic) bond motifs is 1. The van der Waals surface area contributed by atoms with Gasteiger partial charge in [-0.25, -0.2) is 4.79 Å². The van der Waals surface area contributed by atoms with Gasteiger partial charge in [-0.05, 0) is 43.9 Å². The molecular formula is C23H27NO6. The van der Waals surface area contributed by atoms with Crippen molar-refractivity contribution in [3.63, 3.8) is 0 Å². The third-order valence-electron chi connectivity index (χ3n) is 5.54. The number of ketones is 1. The molecule has 2 aliphatic heterocycles. The molecular weight excluding hydrogens is 386 g/mol. The highest BCUT2D eigenvalue weighted by Crippen LogP contribution is 2.45. The Morgan fingerprint density at radius 1 is 1.17 bits per heavy atom. The van der Waals surface area contributed by atoms with E-state index in [-0.39, 0.29) is 19.2 Å². The van der Waals surface area contributed by atoms with Gasteiger partial charge in [0, 0.05) is 35.9 Å². The van der Waals surface area contributed by atoms with Gasteiger partial charge in [-0.2, -0.15) is 0 Å². The van der Waals surface area contributed by atoms with Crippen LogP contribution in [0.2, 0.25) is 0 Å². The van der Waals surface area contributed by atoms with E-state index < -0.39 is 11.9 Å². The highest BCUT2D eigenvalue weighted by Gasteiger charge is 2.39. The predicted octanol–water partition coefficient (Wildman–Crippen LogP) is 3.35. The molecule has 0 aromatic heterocycles. The lowest BCUT2D eigenvalue weighted by Gasteiger charge is -2.34. The molecule has 3 aliphatic rings. The lowest BCUT2D eigenvalue weighted by Crippen LogP contribution is -2.34. The third-order valence-corrected chi connectivity index (χ3v) is 5.54. The molecule has 1 aromatic carbocycles. The van der Waals surface area contributed by atoms with Gasteiger partial charge < -0.3 is 24.3 Å². The number of Topliss-reactive ketones (excluding diaryl/α,β-unsaturated/α-hetero) is 1. The van der Waals surface area contributed by atoms with Crippen LogP contribution in [0, 0.1) is 0 Å². The smallest absolute Gasteiger partial charge is 0.336 e. The number of benzene rings is 1. The fourth-order valence-electron chi connectivity index (χ4n) is 4.20. The van der Waals surface area contributed by atoms with E-state index in [2.05, 4.69) is 5.32 Å². The zero-order valence-electron chi connectivity index (χ0n) is 17.4. The maximum Gasteiger partial charge on any atom is 0.336 e. The molecule has 1 atom stereocenters. The van der Waals surface area contributed by atoms with Gasteiger partial charge in [0.05, 0.1) is 12.2 Å². The molecule has 7 heteroatoms. The van der Waals surface area contributed by atoms with Crippen molar-refractivity contribution in [2.75, 3.05) is 26.6 Å². The second-order valence-electron chi connectivity index (χ2n) is 7.63. The van der Waals surface area contributed by atoms with Gasteiger partial charge >= 0.3 is 5.97 Å². The van der Waals surface area contributed by atoms with Gasteiger partial charge in [0.2, 0.25) is 6.79 Å². The van der Waals surface area contributed by atoms with E-state index in [1.54, 1.807) is 0 Å². The summed E-state index contributed by atoms with van der Waals surface area (Å²) in [7, 11) is 0. The Morgan fingerprint density at radius 3 is 2.83 bits per heavy atom. The van der Waals surface area contributed by atoms with Gasteiger partial charge in [-0.15, -0.1) is 0 Å². The predicted molar refractivity (Wildman–Crippen MR) is 109 cm³/mol. The van der Waals surface area contributed by atoms with Gasteiger partial charge in [-0.1, -0.05) is 13.0 Å². The molecule has 0 saturated carbocycles. The molecule has 0 saturated heterocycles. The first-order valence-corrected chi connectivity index (χ1v) is 10.5. The highest BCUT2D eigenvalue weighted by atomic mass is 16.7. The topological polar surface area (TPSA) is 83.1 Å². The summed E-state index contributed by atoms with van der Waals surface area (Å²) in [5, 5.41) is 3.29. The summed E-state index contributed by atoms with van der Waals surface area (Å²) < 4.78 is 21.9. The van der Waals surface area contributed by atoms with Crippen LogP contribution >= 0.6 is 0 Å². The van der Waals surface area contributed by atoms with Crippen LogP contribution in [0.3, 0.4) is 0 Å². The van der Waals surface area contributed by atoms with E-state index in [1.165, 1.54) is 0 Å². The summed E-state index contributed by atoms with van der Waals surface area (Å²) in [5.74, 6) is 0.417. The fourth-order valence-corrected chi connectivity index (χ4v) is 4.20. The first-order chi connectivity index (χ1) is 14.6. The Bertz CT molecular complexity index is 916. The Kier molecular flexibility index (Phi) is 6.08. The molecule has 1 N–H and O–H groups in total. The van der Waals surface area contributed by atoms with Crippen LogP contribution in [0.15, 0.2) is 40.7 Å². The van der Waals surface area contributed by atoms with Crippen LogP contribution in [0.25, 0.3) is 0 Å². The lowest BCUT2D eigenvalue weighted by atomic mass is 9.75. The van der Waals surface area contributed by atoms with Crippen LogP contribution in [0.5, 0.6) is 11.5 Å². The molecule has 1 unspecified atom stereocenters. The van der Waals surface area contributed by atoms with Crippen LogP contribution < -0.4 is 14.8 Å². The summed E-state index contributed by atoms with van der Waals surface area (Å²) in [5.41, 5.74) is 3.54. The first-order valence-electron chi connectivity index (χ1n) is 10.5. The summed E-state index contributed by atoms with van der Waals surface area (Å²) in [4.78, 5) is 26.0. The van der Waals surface area contributed by atoms with E-state index >= 15 is 0 Å². The average molecular weight is 413 g/mol. The minimum absolute atomic E-state index is 0.0653. The lowest BCUT2D eigenvalue weighted by molar-refractivity contribution is -0.141. The van der Waals surface area contributed by atoms with Gasteiger partial charge in [0.15, 0.2) is 17.3 Å². The fraction of sp³-hybridized carbons (Fsp3) is 0.478. The number of carbonyl (C=O) groups is 2. The van der Waals surface area contributed by atoms with Crippen molar-refractivity contribution in [3.05, 3.63) is 46.3 Å². The summed E-state index contributed by atoms with van der Waals surface area (Å²) in [6, 6.07) is 5.57. The Balaban J connectivity index is 1.66. The maximum absolute atomic E-state index is 13.1. The normalized spacial score (nSPS) is 20.2. The molecule has 0 bridgehead atoms. The number of hydrogen-bond donors (Lipinski definition) is 1. The highest BCUT2D eigenvalue weighted by molar-refractivity contribution is 6.03. The van der Waals surface area contributed by atoms with Crippen molar-refractivity contribution < 1.29 is 28.5 Å². The number of dihydropyridines is 1. The second-order valence-corrected chi connectivity index (χ2v) is 7.63. The minimum atomic E-state index is -0.493. The largest absolute Gasteiger partial charge is 0.460 e. The van der Waals surface area contributed by atoms with E-state index in [0.29, 0.717) is 48.0 Å². The monoisotopic (exact) mass is 413 g/mol. The van der Waals surface area contributed by atoms with Crippen molar-refractivity contribution in [1.82, 2.24) is 5.32 Å². The minimum Gasteiger partial charge on any atom is -0.460 e. The molecule has 1 aromatic rings. The molecule has 1 aliphatic carbocycles. The van der Waals surface area contributed by atoms with Crippen LogP contribution in [0.1, 0.15) is 51.0 Å². The number of esters is 1. The van der Waals surface area contributed by atoms with Crippen molar-refractivity contribution in [3.8, 4) is 11.5 Å². The second kappa shape index (κ2) is 8.92. The zero-order chi connectivity index (χ0) is 21.1. The SMILES string of the molecule is CCCOCCOC(=O)C1=C(C)NC2=C(C(=O)CCC2)C1c1ccc2c(c1)OCO2. The maximum atomic E-state index is 13.1. The van der Waals surface area contributed by atoms with E-state index in [4.69, 9.17) is 18.9 Å². The molecule has 4 rings (SSSR count). The quantitative estimate of drug-likeness (QED) is 0.542. The van der Waals surface area contributed by atoms with Crippen LogP contribution in [-0.2, 0) is 19.1 Å². The van der Waals surface area contributed by atoms with Crippen molar-refractivity contribution in [2.24, 2.45) is 0 Å². The number of rotatable bonds is 7. The zero-order valence-corrected chi connectivity index (χ0v) is 17.4. The van der Waals surface area contributed by atoms with E-state index in [0.717, 1.165) is 30.5 Å². The first kappa shape index (κ1) is 20.5. The van der Waals surface area contributed by atoms with Crippen LogP contribution in [0.4, 0.5) is 0 Å². The van der Waals surface area contributed by atoms with Crippen molar-refractivity contribution in [2.45, 2.75) is 45.4 Å². The molecule has 0 amide bonds. The Hall–Kier alpha value is -2.80. The molecule has 30 heavy (non-hydrogen) atoms. The Morgan fingerprint density at radius 2 is 2.00 bits per heavy atom. The standard InChI is InChI=1S/C23H27NO6/c1-3-9-27-10-11-28-23(26)20-14(2)24-16-5-4-6-17(25)22(16)21(20)15-7-8-18-19(12-15)30-13-29-18/h7-8,12,21,24H,3-6,9-11,13H2,1-2H3. The number of hydrogen-bond acceptors (Lipinski definition) is 7. The summed E-state index contributed by atoms with van der Waals surface area (Å²) >= 11 is 0. The third kappa shape index (κ3) is 3.94. The molecule has 160 valence electrons. The number of ether oxygens (including phenoxy) is 4. The molecule has 7 nitrogen and oxygen atoms in total. The molecule has 0 spiro atoms. The number of nitrogens with one attached hydrogen (secondary N) is 1. The number of allylic oxidation sites excluding steroid dienone is 3. The molecule has 0 radical (unpaired) electrons. The Labute approximate surface area is 176 Å². The van der Waals surface area contributed by atoms with Gasteiger partial charge in [-0.3, -0.25) is 4.79 Å². The van der Waals surface area contributed by atoms with E-state index in [9.17, 15) is 9.59 Å². The van der Waals surface area contributed by atoms with Crippen LogP contribution in [-0.4, -0.2) is 38.4 Å². The average Bonchev–Trinajstić information content (AvgIpc) is 3.20. The summed E-state index contributed by atoms with van der Waals surface area (Å²) in [6.45, 7) is 5.19. The van der Waals surface area contributed by atoms with Crippen molar-refractivity contribution >= 4 is 11.8 Å². The molecule has 2 heterocycles.